The van der Waals surface area contributed by atoms with Crippen LogP contribution in [0.2, 0.25) is 5.02 Å². The first-order valence-electron chi connectivity index (χ1n) is 7.04. The van der Waals surface area contributed by atoms with E-state index in [1.807, 2.05) is 6.92 Å². The van der Waals surface area contributed by atoms with Crippen molar-refractivity contribution in [2.24, 2.45) is 0 Å². The summed E-state index contributed by atoms with van der Waals surface area (Å²) in [5.41, 5.74) is 1.16. The van der Waals surface area contributed by atoms with Crippen molar-refractivity contribution in [1.82, 2.24) is 5.32 Å². The zero-order valence-electron chi connectivity index (χ0n) is 12.4. The number of carbonyl (C=O) groups excluding carboxylic acids is 1. The number of carbonyl (C=O) groups is 1. The fourth-order valence-electron chi connectivity index (χ4n) is 2.18. The van der Waals surface area contributed by atoms with E-state index in [1.165, 1.54) is 6.07 Å². The van der Waals surface area contributed by atoms with Crippen molar-refractivity contribution in [1.29, 1.82) is 0 Å². The Morgan fingerprint density at radius 2 is 1.86 bits per heavy atom. The van der Waals surface area contributed by atoms with Crippen LogP contribution in [-0.4, -0.2) is 11.9 Å². The second kappa shape index (κ2) is 7.38. The maximum atomic E-state index is 13.7. The summed E-state index contributed by atoms with van der Waals surface area (Å²) in [5, 5.41) is 6.41. The maximum Gasteiger partial charge on any atom is 0.241 e. The van der Waals surface area contributed by atoms with Gasteiger partial charge in [-0.3, -0.25) is 10.1 Å². The summed E-state index contributed by atoms with van der Waals surface area (Å²) in [6.07, 6.45) is 0. The van der Waals surface area contributed by atoms with Crippen LogP contribution in [0.15, 0.2) is 48.5 Å². The fraction of sp³-hybridized carbons (Fsp3) is 0.235. The number of hydrogen-bond donors (Lipinski definition) is 2. The molecule has 2 aromatic carbocycles. The van der Waals surface area contributed by atoms with Crippen LogP contribution in [0.4, 0.5) is 10.1 Å². The lowest BCUT2D eigenvalue weighted by atomic mass is 10.1. The third kappa shape index (κ3) is 4.29. The van der Waals surface area contributed by atoms with Gasteiger partial charge in [0.25, 0.3) is 0 Å². The molecule has 22 heavy (non-hydrogen) atoms. The van der Waals surface area contributed by atoms with E-state index in [0.717, 1.165) is 0 Å². The summed E-state index contributed by atoms with van der Waals surface area (Å²) in [6, 6.07) is 12.7. The highest BCUT2D eigenvalue weighted by Gasteiger charge is 2.18. The van der Waals surface area contributed by atoms with Crippen LogP contribution in [0, 0.1) is 5.82 Å². The van der Waals surface area contributed by atoms with Crippen molar-refractivity contribution in [3.63, 3.8) is 0 Å². The average molecular weight is 321 g/mol. The molecule has 0 aromatic heterocycles. The van der Waals surface area contributed by atoms with E-state index in [1.54, 1.807) is 49.4 Å². The van der Waals surface area contributed by atoms with Crippen molar-refractivity contribution in [3.05, 3.63) is 64.9 Å². The molecular formula is C17H18ClFN2O. The van der Waals surface area contributed by atoms with Crippen LogP contribution in [0.25, 0.3) is 0 Å². The Balaban J connectivity index is 1.98. The zero-order valence-corrected chi connectivity index (χ0v) is 13.2. The molecule has 1 amide bonds. The smallest absolute Gasteiger partial charge is 0.241 e. The molecule has 0 aliphatic heterocycles. The molecular weight excluding hydrogens is 303 g/mol. The number of halogens is 2. The lowest BCUT2D eigenvalue weighted by Crippen LogP contribution is -2.39. The molecule has 0 radical (unpaired) electrons. The van der Waals surface area contributed by atoms with Crippen molar-refractivity contribution in [2.75, 3.05) is 5.32 Å². The van der Waals surface area contributed by atoms with Crippen molar-refractivity contribution < 1.29 is 9.18 Å². The van der Waals surface area contributed by atoms with Crippen LogP contribution in [0.1, 0.15) is 25.5 Å². The van der Waals surface area contributed by atoms with Gasteiger partial charge in [0.15, 0.2) is 0 Å². The quantitative estimate of drug-likeness (QED) is 0.868. The highest BCUT2D eigenvalue weighted by molar-refractivity contribution is 6.30. The molecule has 2 unspecified atom stereocenters. The predicted octanol–water partition coefficient (Wildman–Crippen LogP) is 4.16. The number of anilines is 1. The lowest BCUT2D eigenvalue weighted by molar-refractivity contribution is -0.117. The van der Waals surface area contributed by atoms with Gasteiger partial charge in [-0.15, -0.1) is 0 Å². The van der Waals surface area contributed by atoms with Gasteiger partial charge in [0.05, 0.1) is 6.04 Å². The van der Waals surface area contributed by atoms with Crippen LogP contribution < -0.4 is 10.6 Å². The topological polar surface area (TPSA) is 41.1 Å². The predicted molar refractivity (Wildman–Crippen MR) is 87.5 cm³/mol. The molecule has 0 aliphatic carbocycles. The van der Waals surface area contributed by atoms with E-state index in [-0.39, 0.29) is 17.8 Å². The molecule has 0 saturated carbocycles. The third-order valence-corrected chi connectivity index (χ3v) is 3.59. The normalized spacial score (nSPS) is 13.5. The van der Waals surface area contributed by atoms with Gasteiger partial charge in [-0.1, -0.05) is 35.9 Å². The summed E-state index contributed by atoms with van der Waals surface area (Å²) >= 11 is 5.88. The summed E-state index contributed by atoms with van der Waals surface area (Å²) in [6.45, 7) is 3.55. The highest BCUT2D eigenvalue weighted by atomic mass is 35.5. The van der Waals surface area contributed by atoms with Crippen LogP contribution in [0.5, 0.6) is 0 Å². The van der Waals surface area contributed by atoms with E-state index < -0.39 is 6.04 Å². The summed E-state index contributed by atoms with van der Waals surface area (Å²) in [4.78, 5) is 12.2. The minimum absolute atomic E-state index is 0.203. The number of nitrogens with one attached hydrogen (secondary N) is 2. The Morgan fingerprint density at radius 3 is 2.55 bits per heavy atom. The molecule has 5 heteroatoms. The van der Waals surface area contributed by atoms with Crippen molar-refractivity contribution in [2.45, 2.75) is 25.9 Å². The lowest BCUT2D eigenvalue weighted by Gasteiger charge is -2.20. The van der Waals surface area contributed by atoms with Crippen LogP contribution in [-0.2, 0) is 4.79 Å². The number of amides is 1. The number of hydrogen-bond acceptors (Lipinski definition) is 2. The van der Waals surface area contributed by atoms with Gasteiger partial charge in [-0.25, -0.2) is 4.39 Å². The molecule has 0 spiro atoms. The Hall–Kier alpha value is -1.91. The number of benzene rings is 2. The molecule has 0 bridgehead atoms. The summed E-state index contributed by atoms with van der Waals surface area (Å²) in [5.74, 6) is -0.490. The summed E-state index contributed by atoms with van der Waals surface area (Å²) in [7, 11) is 0. The Morgan fingerprint density at radius 1 is 1.14 bits per heavy atom. The molecule has 0 aliphatic rings. The minimum Gasteiger partial charge on any atom is -0.325 e. The first-order valence-corrected chi connectivity index (χ1v) is 7.42. The fourth-order valence-corrected chi connectivity index (χ4v) is 2.37. The molecule has 3 nitrogen and oxygen atoms in total. The maximum absolute atomic E-state index is 13.7. The van der Waals surface area contributed by atoms with Gasteiger partial charge in [0.1, 0.15) is 5.82 Å². The van der Waals surface area contributed by atoms with Crippen molar-refractivity contribution >= 4 is 23.2 Å². The van der Waals surface area contributed by atoms with Gasteiger partial charge < -0.3 is 5.32 Å². The zero-order chi connectivity index (χ0) is 16.1. The summed E-state index contributed by atoms with van der Waals surface area (Å²) < 4.78 is 13.7. The molecule has 0 heterocycles. The van der Waals surface area contributed by atoms with Gasteiger partial charge in [-0.2, -0.15) is 0 Å². The van der Waals surface area contributed by atoms with Gasteiger partial charge in [-0.05, 0) is 38.1 Å². The second-order valence-electron chi connectivity index (χ2n) is 5.13. The minimum atomic E-state index is -0.478. The van der Waals surface area contributed by atoms with Crippen molar-refractivity contribution in [3.8, 4) is 0 Å². The molecule has 2 aromatic rings. The SMILES string of the molecule is CC(NC(C)c1ccccc1F)C(=O)Nc1cccc(Cl)c1. The molecule has 116 valence electrons. The Labute approximate surface area is 134 Å². The first-order chi connectivity index (χ1) is 10.5. The molecule has 0 saturated heterocycles. The van der Waals surface area contributed by atoms with Crippen LogP contribution >= 0.6 is 11.6 Å². The first kappa shape index (κ1) is 16.5. The molecule has 0 fully saturated rings. The van der Waals surface area contributed by atoms with E-state index in [4.69, 9.17) is 11.6 Å². The third-order valence-electron chi connectivity index (χ3n) is 3.36. The van der Waals surface area contributed by atoms with E-state index in [9.17, 15) is 9.18 Å². The van der Waals surface area contributed by atoms with Crippen LogP contribution in [0.3, 0.4) is 0 Å². The monoisotopic (exact) mass is 320 g/mol. The highest BCUT2D eigenvalue weighted by Crippen LogP contribution is 2.18. The largest absolute Gasteiger partial charge is 0.325 e. The van der Waals surface area contributed by atoms with E-state index in [2.05, 4.69) is 10.6 Å². The van der Waals surface area contributed by atoms with E-state index >= 15 is 0 Å². The second-order valence-corrected chi connectivity index (χ2v) is 5.57. The molecule has 2 rings (SSSR count). The molecule has 2 atom stereocenters. The Bertz CT molecular complexity index is 663. The standard InChI is InChI=1S/C17H18ClFN2O/c1-11(15-8-3-4-9-16(15)19)20-12(2)17(22)21-14-7-5-6-13(18)10-14/h3-12,20H,1-2H3,(H,21,22). The van der Waals surface area contributed by atoms with E-state index in [0.29, 0.717) is 16.3 Å². The number of rotatable bonds is 5. The average Bonchev–Trinajstić information content (AvgIpc) is 2.47. The Kier molecular flexibility index (Phi) is 5.52. The van der Waals surface area contributed by atoms with Gasteiger partial charge in [0.2, 0.25) is 5.91 Å². The van der Waals surface area contributed by atoms with Gasteiger partial charge >= 0.3 is 0 Å². The van der Waals surface area contributed by atoms with Gasteiger partial charge in [0, 0.05) is 22.3 Å². The molecule has 2 N–H and O–H groups in total.